The summed E-state index contributed by atoms with van der Waals surface area (Å²) in [5.41, 5.74) is -0.284. The van der Waals surface area contributed by atoms with Gasteiger partial charge in [-0.15, -0.1) is 0 Å². The van der Waals surface area contributed by atoms with Crippen LogP contribution in [0.4, 0.5) is 42.1 Å². The Bertz CT molecular complexity index is 2020. The van der Waals surface area contributed by atoms with Crippen molar-refractivity contribution in [1.29, 1.82) is 0 Å². The molecule has 1 fully saturated rings. The smallest absolute Gasteiger partial charge is 0.420 e. The number of fused-ring (bicyclic) bond motifs is 1. The van der Waals surface area contributed by atoms with Gasteiger partial charge >= 0.3 is 6.09 Å². The number of amides is 2. The number of ketones is 1. The molecule has 3 heterocycles. The van der Waals surface area contributed by atoms with Gasteiger partial charge in [0.05, 0.1) is 37.5 Å². The first-order valence-electron chi connectivity index (χ1n) is 16.9. The molecule has 0 atom stereocenters. The summed E-state index contributed by atoms with van der Waals surface area (Å²) >= 11 is 0. The highest BCUT2D eigenvalue weighted by atomic mass is 19.1. The van der Waals surface area contributed by atoms with E-state index in [9.17, 15) is 14.4 Å². The van der Waals surface area contributed by atoms with Crippen LogP contribution in [-0.4, -0.2) is 94.3 Å². The van der Waals surface area contributed by atoms with Crippen molar-refractivity contribution in [3.63, 3.8) is 0 Å². The van der Waals surface area contributed by atoms with Crippen molar-refractivity contribution in [3.05, 3.63) is 72.1 Å². The predicted molar refractivity (Wildman–Crippen MR) is 199 cm³/mol. The summed E-state index contributed by atoms with van der Waals surface area (Å²) in [6.45, 7) is 15.0. The molecular formula is C38H44F2N6O7. The van der Waals surface area contributed by atoms with Crippen LogP contribution < -0.4 is 29.5 Å². The number of benzene rings is 2. The van der Waals surface area contributed by atoms with Gasteiger partial charge in [-0.2, -0.15) is 0 Å². The first kappa shape index (κ1) is 38.5. The third-order valence-corrected chi connectivity index (χ3v) is 8.64. The van der Waals surface area contributed by atoms with E-state index in [2.05, 4.69) is 33.6 Å². The van der Waals surface area contributed by atoms with Gasteiger partial charge in [-0.1, -0.05) is 13.5 Å². The number of pyridine rings is 1. The van der Waals surface area contributed by atoms with Crippen LogP contribution in [0.15, 0.2) is 53.6 Å². The lowest BCUT2D eigenvalue weighted by Crippen LogP contribution is -2.46. The molecule has 282 valence electrons. The van der Waals surface area contributed by atoms with E-state index in [0.717, 1.165) is 50.6 Å². The Morgan fingerprint density at radius 1 is 1.02 bits per heavy atom. The first-order chi connectivity index (χ1) is 25.1. The van der Waals surface area contributed by atoms with Gasteiger partial charge in [-0.05, 0) is 57.7 Å². The summed E-state index contributed by atoms with van der Waals surface area (Å²) < 4.78 is 52.8. The number of ether oxygens (including phenoxy) is 3. The highest BCUT2D eigenvalue weighted by molar-refractivity contribution is 6.16. The number of methoxy groups -OCH3 is 2. The molecule has 2 aromatic carbocycles. The lowest BCUT2D eigenvalue weighted by atomic mass is 10.0. The van der Waals surface area contributed by atoms with Gasteiger partial charge in [-0.25, -0.2) is 23.5 Å². The number of anilines is 5. The van der Waals surface area contributed by atoms with Gasteiger partial charge in [-0.3, -0.25) is 9.59 Å². The number of nitrogens with one attached hydrogen (secondary N) is 1. The molecule has 5 rings (SSSR count). The minimum atomic E-state index is -1.24. The quantitative estimate of drug-likeness (QED) is 0.130. The minimum Gasteiger partial charge on any atom is -0.494 e. The number of halogens is 2. The maximum absolute atomic E-state index is 15.5. The molecule has 0 spiro atoms. The number of likely N-dealkylation sites (N-methyl/N-ethyl adjacent to an activating group) is 1. The molecule has 2 amide bonds. The predicted octanol–water partition coefficient (Wildman–Crippen LogP) is 6.76. The third-order valence-electron chi connectivity index (χ3n) is 8.64. The number of carbonyl (C=O) groups excluding carboxylic acids is 3. The van der Waals surface area contributed by atoms with Crippen molar-refractivity contribution >= 4 is 57.3 Å². The molecule has 2 aromatic heterocycles. The number of hydrogen-bond acceptors (Lipinski definition) is 11. The molecule has 0 saturated carbocycles. The molecule has 1 aliphatic heterocycles. The van der Waals surface area contributed by atoms with Crippen LogP contribution in [0.1, 0.15) is 43.8 Å². The summed E-state index contributed by atoms with van der Waals surface area (Å²) in [7, 11) is 5.59. The van der Waals surface area contributed by atoms with E-state index in [-0.39, 0.29) is 33.8 Å². The molecule has 1 N–H and O–H groups in total. The van der Waals surface area contributed by atoms with Gasteiger partial charge < -0.3 is 38.6 Å². The largest absolute Gasteiger partial charge is 0.494 e. The fraction of sp³-hybridized carbons (Fsp3) is 0.368. The Labute approximate surface area is 306 Å². The first-order valence-corrected chi connectivity index (χ1v) is 16.9. The van der Waals surface area contributed by atoms with Crippen molar-refractivity contribution in [2.24, 2.45) is 0 Å². The van der Waals surface area contributed by atoms with Crippen molar-refractivity contribution in [2.45, 2.75) is 33.3 Å². The van der Waals surface area contributed by atoms with E-state index in [4.69, 9.17) is 18.6 Å². The topological polar surface area (TPSA) is 130 Å². The number of aromatic nitrogens is 1. The van der Waals surface area contributed by atoms with Crippen LogP contribution in [0.3, 0.4) is 0 Å². The molecule has 1 aliphatic rings. The number of carbonyl (C=O) groups is 3. The van der Waals surface area contributed by atoms with E-state index in [1.807, 2.05) is 6.07 Å². The zero-order valence-corrected chi connectivity index (χ0v) is 31.1. The standard InChI is InChI=1S/C38H44F2N6O7/c1-10-30(47)42-24-18-22(45-16-14-44(11-2)15-17-45)12-13-25(24)46(37(49)53-38(3,4)5)29-19-23-28(21-41-29)52-36(34(23)43(6)7)35(48)31-32(39)26(50-8)20-27(51-9)33(31)40/h10,12-13,18-21H,1,11,14-17H2,2-9H3,(H,42,47). The van der Waals surface area contributed by atoms with Gasteiger partial charge in [0.15, 0.2) is 34.5 Å². The highest BCUT2D eigenvalue weighted by Gasteiger charge is 2.34. The van der Waals surface area contributed by atoms with Crippen molar-refractivity contribution < 1.29 is 41.8 Å². The van der Waals surface area contributed by atoms with Gasteiger partial charge in [0.2, 0.25) is 11.7 Å². The maximum Gasteiger partial charge on any atom is 0.420 e. The van der Waals surface area contributed by atoms with E-state index in [1.54, 1.807) is 47.0 Å². The second-order valence-corrected chi connectivity index (χ2v) is 13.5. The SMILES string of the molecule is C=CC(=O)Nc1cc(N2CCN(CC)CC2)ccc1N(C(=O)OC(C)(C)C)c1cc2c(N(C)C)c(C(=O)c3c(F)c(OC)cc(OC)c3F)oc2cn1. The Morgan fingerprint density at radius 2 is 1.66 bits per heavy atom. The average molecular weight is 735 g/mol. The van der Waals surface area contributed by atoms with Gasteiger partial charge in [0.25, 0.3) is 0 Å². The van der Waals surface area contributed by atoms with Crippen molar-refractivity contribution in [2.75, 3.05) is 81.1 Å². The van der Waals surface area contributed by atoms with Crippen LogP contribution in [0.5, 0.6) is 11.5 Å². The van der Waals surface area contributed by atoms with E-state index < -0.39 is 57.8 Å². The number of nitrogens with zero attached hydrogens (tertiary/aromatic N) is 5. The summed E-state index contributed by atoms with van der Waals surface area (Å²) in [6, 6.07) is 7.81. The Balaban J connectivity index is 1.69. The van der Waals surface area contributed by atoms with Crippen molar-refractivity contribution in [3.8, 4) is 11.5 Å². The molecule has 15 heteroatoms. The third kappa shape index (κ3) is 7.89. The summed E-state index contributed by atoms with van der Waals surface area (Å²) in [5.74, 6) is -5.26. The van der Waals surface area contributed by atoms with E-state index >= 15 is 8.78 Å². The minimum absolute atomic E-state index is 0.0356. The Morgan fingerprint density at radius 3 is 2.21 bits per heavy atom. The number of furan rings is 1. The maximum atomic E-state index is 15.5. The number of piperazine rings is 1. The zero-order chi connectivity index (χ0) is 38.8. The summed E-state index contributed by atoms with van der Waals surface area (Å²) in [4.78, 5) is 52.5. The monoisotopic (exact) mass is 734 g/mol. The lowest BCUT2D eigenvalue weighted by Gasteiger charge is -2.36. The van der Waals surface area contributed by atoms with E-state index in [1.165, 1.54) is 36.3 Å². The molecule has 0 aliphatic carbocycles. The molecule has 4 aromatic rings. The fourth-order valence-electron chi connectivity index (χ4n) is 6.04. The van der Waals surface area contributed by atoms with Gasteiger partial charge in [0, 0.05) is 57.4 Å². The second-order valence-electron chi connectivity index (χ2n) is 13.5. The Hall–Kier alpha value is -5.70. The van der Waals surface area contributed by atoms with Gasteiger partial charge in [0.1, 0.15) is 17.0 Å². The van der Waals surface area contributed by atoms with Crippen LogP contribution in [-0.2, 0) is 9.53 Å². The Kier molecular flexibility index (Phi) is 11.3. The zero-order valence-electron chi connectivity index (χ0n) is 31.1. The molecule has 0 unspecified atom stereocenters. The fourth-order valence-corrected chi connectivity index (χ4v) is 6.04. The second kappa shape index (κ2) is 15.5. The van der Waals surface area contributed by atoms with Crippen molar-refractivity contribution in [1.82, 2.24) is 9.88 Å². The molecule has 53 heavy (non-hydrogen) atoms. The average Bonchev–Trinajstić information content (AvgIpc) is 3.51. The summed E-state index contributed by atoms with van der Waals surface area (Å²) in [6.07, 6.45) is 1.59. The lowest BCUT2D eigenvalue weighted by molar-refractivity contribution is -0.111. The van der Waals surface area contributed by atoms with Crippen LogP contribution in [0, 0.1) is 11.6 Å². The molecule has 0 radical (unpaired) electrons. The molecule has 0 bridgehead atoms. The number of rotatable bonds is 11. The normalized spacial score (nSPS) is 13.4. The molecule has 1 saturated heterocycles. The molecular weight excluding hydrogens is 690 g/mol. The number of hydrogen-bond donors (Lipinski definition) is 1. The molecule has 13 nitrogen and oxygen atoms in total. The van der Waals surface area contributed by atoms with E-state index in [0.29, 0.717) is 0 Å². The summed E-state index contributed by atoms with van der Waals surface area (Å²) in [5, 5.41) is 3.11. The highest BCUT2D eigenvalue weighted by Crippen LogP contribution is 2.42. The van der Waals surface area contributed by atoms with Crippen LogP contribution in [0.25, 0.3) is 11.0 Å². The van der Waals surface area contributed by atoms with Crippen LogP contribution >= 0.6 is 0 Å². The van der Waals surface area contributed by atoms with Crippen LogP contribution in [0.2, 0.25) is 0 Å².